The molecule has 22 heavy (non-hydrogen) atoms. The number of hydrazone groups is 1. The minimum Gasteiger partial charge on any atom is -0.267 e. The van der Waals surface area contributed by atoms with Crippen LogP contribution in [0.15, 0.2) is 53.6 Å². The summed E-state index contributed by atoms with van der Waals surface area (Å²) in [5.74, 6) is 0.0413. The van der Waals surface area contributed by atoms with Gasteiger partial charge in [0.1, 0.15) is 0 Å². The molecule has 0 heterocycles. The van der Waals surface area contributed by atoms with Crippen LogP contribution in [0.2, 0.25) is 0 Å². The molecule has 2 aromatic carbocycles. The van der Waals surface area contributed by atoms with Crippen LogP contribution in [-0.2, 0) is 0 Å². The lowest BCUT2D eigenvalue weighted by Crippen LogP contribution is -2.22. The first-order valence-electron chi connectivity index (χ1n) is 7.49. The lowest BCUT2D eigenvalue weighted by molar-refractivity contribution is 0.0954. The number of aryl methyl sites for hydroxylation is 2. The fourth-order valence-electron chi connectivity index (χ4n) is 2.19. The van der Waals surface area contributed by atoms with Crippen LogP contribution in [-0.4, -0.2) is 11.6 Å². The van der Waals surface area contributed by atoms with Crippen LogP contribution in [0.25, 0.3) is 0 Å². The molecule has 0 unspecified atom stereocenters. The van der Waals surface area contributed by atoms with Gasteiger partial charge in [0.25, 0.3) is 5.91 Å². The molecule has 3 nitrogen and oxygen atoms in total. The normalized spacial score (nSPS) is 11.6. The Morgan fingerprint density at radius 2 is 1.64 bits per heavy atom. The van der Waals surface area contributed by atoms with E-state index >= 15 is 0 Å². The first-order chi connectivity index (χ1) is 10.5. The average molecular weight is 294 g/mol. The molecule has 0 saturated carbocycles. The van der Waals surface area contributed by atoms with E-state index in [4.69, 9.17) is 0 Å². The van der Waals surface area contributed by atoms with Gasteiger partial charge in [-0.3, -0.25) is 4.79 Å². The van der Waals surface area contributed by atoms with E-state index in [0.717, 1.165) is 16.8 Å². The van der Waals surface area contributed by atoms with Crippen LogP contribution in [0.4, 0.5) is 0 Å². The third-order valence-electron chi connectivity index (χ3n) is 3.66. The van der Waals surface area contributed by atoms with Crippen molar-refractivity contribution >= 4 is 11.6 Å². The fraction of sp³-hybridized carbons (Fsp3) is 0.263. The zero-order valence-electron chi connectivity index (χ0n) is 13.6. The number of rotatable bonds is 4. The first kappa shape index (κ1) is 16.0. The van der Waals surface area contributed by atoms with Crippen molar-refractivity contribution in [2.45, 2.75) is 27.7 Å². The molecule has 3 heteroatoms. The Morgan fingerprint density at radius 3 is 2.23 bits per heavy atom. The van der Waals surface area contributed by atoms with Crippen molar-refractivity contribution in [3.63, 3.8) is 0 Å². The predicted molar refractivity (Wildman–Crippen MR) is 91.2 cm³/mol. The van der Waals surface area contributed by atoms with Gasteiger partial charge in [0.2, 0.25) is 0 Å². The topological polar surface area (TPSA) is 41.5 Å². The fourth-order valence-corrected chi connectivity index (χ4v) is 2.19. The van der Waals surface area contributed by atoms with E-state index < -0.39 is 0 Å². The van der Waals surface area contributed by atoms with E-state index in [9.17, 15) is 4.79 Å². The van der Waals surface area contributed by atoms with Gasteiger partial charge >= 0.3 is 0 Å². The maximum atomic E-state index is 12.2. The molecule has 0 atom stereocenters. The highest BCUT2D eigenvalue weighted by molar-refractivity contribution is 6.03. The van der Waals surface area contributed by atoms with Crippen LogP contribution >= 0.6 is 0 Å². The second kappa shape index (κ2) is 7.03. The highest BCUT2D eigenvalue weighted by Crippen LogP contribution is 2.11. The van der Waals surface area contributed by atoms with E-state index in [1.807, 2.05) is 62.4 Å². The molecule has 0 aliphatic rings. The van der Waals surface area contributed by atoms with E-state index in [1.165, 1.54) is 5.56 Å². The summed E-state index contributed by atoms with van der Waals surface area (Å²) in [6, 6.07) is 15.6. The molecule has 0 radical (unpaired) electrons. The number of benzene rings is 2. The highest BCUT2D eigenvalue weighted by atomic mass is 16.2. The Kier molecular flexibility index (Phi) is 5.10. The van der Waals surface area contributed by atoms with Crippen LogP contribution in [0, 0.1) is 19.8 Å². The van der Waals surface area contributed by atoms with Gasteiger partial charge in [0.15, 0.2) is 0 Å². The smallest absolute Gasteiger partial charge is 0.267 e. The van der Waals surface area contributed by atoms with Crippen molar-refractivity contribution < 1.29 is 4.79 Å². The maximum absolute atomic E-state index is 12.2. The Labute approximate surface area is 132 Å². The first-order valence-corrected chi connectivity index (χ1v) is 7.49. The molecule has 0 aliphatic heterocycles. The number of carbonyl (C=O) groups is 1. The third-order valence-corrected chi connectivity index (χ3v) is 3.66. The summed E-state index contributed by atoms with van der Waals surface area (Å²) in [7, 11) is 0. The molecule has 2 aromatic rings. The summed E-state index contributed by atoms with van der Waals surface area (Å²) < 4.78 is 0. The molecular weight excluding hydrogens is 272 g/mol. The molecule has 2 rings (SSSR count). The molecule has 0 bridgehead atoms. The lowest BCUT2D eigenvalue weighted by Gasteiger charge is -2.11. The zero-order chi connectivity index (χ0) is 16.1. The Balaban J connectivity index is 2.20. The molecule has 0 fully saturated rings. The second-order valence-corrected chi connectivity index (χ2v) is 5.76. The highest BCUT2D eigenvalue weighted by Gasteiger charge is 2.10. The van der Waals surface area contributed by atoms with Crippen LogP contribution in [0.3, 0.4) is 0 Å². The minimum absolute atomic E-state index is 0.183. The molecule has 0 aromatic heterocycles. The van der Waals surface area contributed by atoms with Gasteiger partial charge in [-0.1, -0.05) is 50.2 Å². The molecule has 1 N–H and O–H groups in total. The van der Waals surface area contributed by atoms with Gasteiger partial charge in [0.05, 0.1) is 5.71 Å². The number of carbonyl (C=O) groups excluding carboxylic acids is 1. The van der Waals surface area contributed by atoms with Crippen molar-refractivity contribution in [2.75, 3.05) is 0 Å². The Hall–Kier alpha value is -2.42. The Bertz CT molecular complexity index is 688. The molecule has 0 saturated heterocycles. The van der Waals surface area contributed by atoms with Crippen LogP contribution < -0.4 is 5.43 Å². The van der Waals surface area contributed by atoms with Gasteiger partial charge in [-0.05, 0) is 48.6 Å². The van der Waals surface area contributed by atoms with Crippen molar-refractivity contribution in [3.05, 3.63) is 70.8 Å². The van der Waals surface area contributed by atoms with Gasteiger partial charge in [-0.2, -0.15) is 5.10 Å². The standard InChI is InChI=1S/C19H22N2O/c1-13(2)18(16-8-6-5-7-9-16)20-21-19(22)17-11-10-14(3)15(4)12-17/h5-13H,1-4H3,(H,21,22)/b20-18+. The van der Waals surface area contributed by atoms with E-state index in [0.29, 0.717) is 5.56 Å². The summed E-state index contributed by atoms with van der Waals surface area (Å²) in [4.78, 5) is 12.2. The second-order valence-electron chi connectivity index (χ2n) is 5.76. The number of hydrogen-bond acceptors (Lipinski definition) is 2. The molecular formula is C19H22N2O. The minimum atomic E-state index is -0.183. The predicted octanol–water partition coefficient (Wildman–Crippen LogP) is 4.09. The monoisotopic (exact) mass is 294 g/mol. The quantitative estimate of drug-likeness (QED) is 0.669. The molecule has 0 spiro atoms. The van der Waals surface area contributed by atoms with Crippen molar-refractivity contribution in [3.8, 4) is 0 Å². The van der Waals surface area contributed by atoms with Crippen LogP contribution in [0.5, 0.6) is 0 Å². The van der Waals surface area contributed by atoms with E-state index in [1.54, 1.807) is 0 Å². The van der Waals surface area contributed by atoms with Crippen LogP contribution in [0.1, 0.15) is 40.9 Å². The lowest BCUT2D eigenvalue weighted by atomic mass is 10.0. The van der Waals surface area contributed by atoms with Gasteiger partial charge < -0.3 is 0 Å². The summed E-state index contributed by atoms with van der Waals surface area (Å²) in [5.41, 5.74) is 7.48. The zero-order valence-corrected chi connectivity index (χ0v) is 13.6. The number of hydrogen-bond donors (Lipinski definition) is 1. The number of nitrogens with zero attached hydrogens (tertiary/aromatic N) is 1. The molecule has 1 amide bonds. The summed E-state index contributed by atoms with van der Waals surface area (Å²) in [6.07, 6.45) is 0. The summed E-state index contributed by atoms with van der Waals surface area (Å²) in [5, 5.41) is 4.34. The largest absolute Gasteiger partial charge is 0.271 e. The molecule has 114 valence electrons. The Morgan fingerprint density at radius 1 is 0.955 bits per heavy atom. The summed E-state index contributed by atoms with van der Waals surface area (Å²) in [6.45, 7) is 8.16. The van der Waals surface area contributed by atoms with E-state index in [-0.39, 0.29) is 11.8 Å². The maximum Gasteiger partial charge on any atom is 0.271 e. The SMILES string of the molecule is Cc1ccc(C(=O)N/N=C(/c2ccccc2)C(C)C)cc1C. The van der Waals surface area contributed by atoms with E-state index in [2.05, 4.69) is 24.4 Å². The van der Waals surface area contributed by atoms with Crippen molar-refractivity contribution in [2.24, 2.45) is 11.0 Å². The average Bonchev–Trinajstić information content (AvgIpc) is 2.50. The number of nitrogens with one attached hydrogen (secondary N) is 1. The van der Waals surface area contributed by atoms with Gasteiger partial charge in [-0.25, -0.2) is 5.43 Å². The number of amides is 1. The van der Waals surface area contributed by atoms with Crippen molar-refractivity contribution in [1.82, 2.24) is 5.43 Å². The van der Waals surface area contributed by atoms with Gasteiger partial charge in [-0.15, -0.1) is 0 Å². The van der Waals surface area contributed by atoms with Crippen molar-refractivity contribution in [1.29, 1.82) is 0 Å². The third kappa shape index (κ3) is 3.82. The summed E-state index contributed by atoms with van der Waals surface area (Å²) >= 11 is 0. The van der Waals surface area contributed by atoms with Gasteiger partial charge in [0, 0.05) is 5.56 Å². The molecule has 0 aliphatic carbocycles.